The third-order valence-corrected chi connectivity index (χ3v) is 4.64. The lowest BCUT2D eigenvalue weighted by molar-refractivity contribution is 0.370. The molecule has 148 valence electrons. The summed E-state index contributed by atoms with van der Waals surface area (Å²) in [5.74, 6) is 0.725. The molecule has 0 unspecified atom stereocenters. The number of hydrogen-bond donors (Lipinski definition) is 1. The first kappa shape index (κ1) is 21.4. The molecular weight excluding hydrogens is 467 g/mol. The van der Waals surface area contributed by atoms with Gasteiger partial charge in [0.2, 0.25) is 0 Å². The van der Waals surface area contributed by atoms with Crippen molar-refractivity contribution in [1.29, 1.82) is 0 Å². The summed E-state index contributed by atoms with van der Waals surface area (Å²) in [6, 6.07) is 3.55. The zero-order valence-electron chi connectivity index (χ0n) is 15.6. The highest BCUT2D eigenvalue weighted by atomic mass is 127. The van der Waals surface area contributed by atoms with Crippen molar-refractivity contribution in [2.75, 3.05) is 38.1 Å². The van der Waals surface area contributed by atoms with Crippen LogP contribution in [0.3, 0.4) is 0 Å². The molecule has 1 aromatic carbocycles. The Balaban J connectivity index is 0.00000261. The van der Waals surface area contributed by atoms with Gasteiger partial charge in [-0.2, -0.15) is 0 Å². The number of nitrogens with one attached hydrogen (secondary N) is 1. The van der Waals surface area contributed by atoms with Crippen molar-refractivity contribution in [3.63, 3.8) is 0 Å². The van der Waals surface area contributed by atoms with E-state index in [9.17, 15) is 8.78 Å². The molecule has 1 fully saturated rings. The van der Waals surface area contributed by atoms with Crippen molar-refractivity contribution in [3.05, 3.63) is 46.9 Å². The number of hydrogen-bond acceptors (Lipinski definition) is 4. The van der Waals surface area contributed by atoms with Gasteiger partial charge in [0, 0.05) is 51.4 Å². The first-order valence-electron chi connectivity index (χ1n) is 8.57. The van der Waals surface area contributed by atoms with E-state index in [0.29, 0.717) is 38.4 Å². The Bertz CT molecular complexity index is 784. The Morgan fingerprint density at radius 3 is 2.52 bits per heavy atom. The fraction of sp³-hybridized carbons (Fsp3) is 0.444. The van der Waals surface area contributed by atoms with Crippen LogP contribution in [0.25, 0.3) is 0 Å². The first-order valence-corrected chi connectivity index (χ1v) is 8.57. The van der Waals surface area contributed by atoms with Crippen LogP contribution in [0.15, 0.2) is 27.7 Å². The summed E-state index contributed by atoms with van der Waals surface area (Å²) in [6.45, 7) is 6.87. The minimum Gasteiger partial charge on any atom is -0.366 e. The standard InChI is InChI=1S/C18H23F2N5O.HI/c1-12-15(13(2)26-23-12)11-22-18(21-3)25-8-6-24(7-9-25)17-10-14(19)4-5-16(17)20;/h4-5,10H,6-9,11H2,1-3H3,(H,21,22);1H. The molecule has 3 rings (SSSR count). The highest BCUT2D eigenvalue weighted by Crippen LogP contribution is 2.22. The average Bonchev–Trinajstić information content (AvgIpc) is 2.96. The van der Waals surface area contributed by atoms with Crippen molar-refractivity contribution < 1.29 is 13.3 Å². The number of nitrogens with zero attached hydrogens (tertiary/aromatic N) is 4. The number of benzene rings is 1. The number of piperazine rings is 1. The third kappa shape index (κ3) is 4.88. The van der Waals surface area contributed by atoms with Crippen LogP contribution in [0.2, 0.25) is 0 Å². The molecule has 0 radical (unpaired) electrons. The van der Waals surface area contributed by atoms with Crippen molar-refractivity contribution in [3.8, 4) is 0 Å². The maximum absolute atomic E-state index is 14.0. The monoisotopic (exact) mass is 491 g/mol. The predicted octanol–water partition coefficient (Wildman–Crippen LogP) is 3.09. The fourth-order valence-corrected chi connectivity index (χ4v) is 3.14. The van der Waals surface area contributed by atoms with Gasteiger partial charge in [-0.25, -0.2) is 8.78 Å². The molecule has 0 bridgehead atoms. The van der Waals surface area contributed by atoms with E-state index >= 15 is 0 Å². The molecule has 1 saturated heterocycles. The van der Waals surface area contributed by atoms with Gasteiger partial charge in [0.05, 0.1) is 11.4 Å². The van der Waals surface area contributed by atoms with Gasteiger partial charge < -0.3 is 19.6 Å². The Morgan fingerprint density at radius 1 is 1.22 bits per heavy atom. The van der Waals surface area contributed by atoms with E-state index in [4.69, 9.17) is 4.52 Å². The Hall–Kier alpha value is -1.91. The van der Waals surface area contributed by atoms with Gasteiger partial charge in [-0.15, -0.1) is 24.0 Å². The molecule has 0 amide bonds. The molecule has 27 heavy (non-hydrogen) atoms. The average molecular weight is 491 g/mol. The summed E-state index contributed by atoms with van der Waals surface area (Å²) < 4.78 is 32.5. The molecule has 2 aromatic rings. The van der Waals surface area contributed by atoms with Crippen LogP contribution in [-0.4, -0.2) is 49.2 Å². The highest BCUT2D eigenvalue weighted by Gasteiger charge is 2.22. The zero-order chi connectivity index (χ0) is 18.7. The van der Waals surface area contributed by atoms with Gasteiger partial charge in [-0.1, -0.05) is 5.16 Å². The van der Waals surface area contributed by atoms with E-state index in [1.165, 1.54) is 12.1 Å². The van der Waals surface area contributed by atoms with E-state index in [1.54, 1.807) is 7.05 Å². The van der Waals surface area contributed by atoms with Gasteiger partial charge in [-0.05, 0) is 26.0 Å². The van der Waals surface area contributed by atoms with Crippen LogP contribution in [0, 0.1) is 25.5 Å². The van der Waals surface area contributed by atoms with E-state index < -0.39 is 11.6 Å². The molecule has 1 aliphatic heterocycles. The van der Waals surface area contributed by atoms with Gasteiger partial charge in [0.15, 0.2) is 5.96 Å². The highest BCUT2D eigenvalue weighted by molar-refractivity contribution is 14.0. The molecule has 0 saturated carbocycles. The molecule has 0 spiro atoms. The molecule has 0 aliphatic carbocycles. The van der Waals surface area contributed by atoms with Crippen LogP contribution in [0.1, 0.15) is 17.0 Å². The number of aliphatic imine (C=N–C) groups is 1. The van der Waals surface area contributed by atoms with Crippen LogP contribution in [-0.2, 0) is 6.54 Å². The number of guanidine groups is 1. The van der Waals surface area contributed by atoms with Gasteiger partial charge in [-0.3, -0.25) is 4.99 Å². The maximum atomic E-state index is 14.0. The minimum absolute atomic E-state index is 0. The number of aromatic nitrogens is 1. The number of halogens is 3. The summed E-state index contributed by atoms with van der Waals surface area (Å²) in [7, 11) is 1.73. The lowest BCUT2D eigenvalue weighted by atomic mass is 10.2. The Kier molecular flexibility index (Phi) is 7.40. The topological polar surface area (TPSA) is 56.9 Å². The third-order valence-electron chi connectivity index (χ3n) is 4.64. The summed E-state index contributed by atoms with van der Waals surface area (Å²) >= 11 is 0. The second-order valence-electron chi connectivity index (χ2n) is 6.27. The molecule has 1 N–H and O–H groups in total. The van der Waals surface area contributed by atoms with Crippen LogP contribution >= 0.6 is 24.0 Å². The zero-order valence-corrected chi connectivity index (χ0v) is 18.0. The molecule has 9 heteroatoms. The lowest BCUT2D eigenvalue weighted by Gasteiger charge is -2.37. The second-order valence-corrected chi connectivity index (χ2v) is 6.27. The van der Waals surface area contributed by atoms with E-state index in [2.05, 4.69) is 20.4 Å². The maximum Gasteiger partial charge on any atom is 0.194 e. The lowest BCUT2D eigenvalue weighted by Crippen LogP contribution is -2.52. The number of aryl methyl sites for hydroxylation is 2. The molecule has 1 aromatic heterocycles. The fourth-order valence-electron chi connectivity index (χ4n) is 3.14. The molecule has 2 heterocycles. The summed E-state index contributed by atoms with van der Waals surface area (Å²) in [4.78, 5) is 8.29. The Morgan fingerprint density at radius 2 is 1.93 bits per heavy atom. The van der Waals surface area contributed by atoms with Crippen LogP contribution in [0.4, 0.5) is 14.5 Å². The molecule has 0 atom stereocenters. The summed E-state index contributed by atoms with van der Waals surface area (Å²) in [5, 5.41) is 7.27. The van der Waals surface area contributed by atoms with E-state index in [1.807, 2.05) is 18.7 Å². The SMILES string of the molecule is CN=C(NCc1c(C)noc1C)N1CCN(c2cc(F)ccc2F)CC1.I. The quantitative estimate of drug-likeness (QED) is 0.407. The Labute approximate surface area is 174 Å². The van der Waals surface area contributed by atoms with Gasteiger partial charge in [0.1, 0.15) is 17.4 Å². The second kappa shape index (κ2) is 9.34. The first-order chi connectivity index (χ1) is 12.5. The van der Waals surface area contributed by atoms with Crippen LogP contribution < -0.4 is 10.2 Å². The molecular formula is C18H24F2IN5O. The van der Waals surface area contributed by atoms with E-state index in [-0.39, 0.29) is 24.0 Å². The predicted molar refractivity (Wildman–Crippen MR) is 112 cm³/mol. The molecule has 6 nitrogen and oxygen atoms in total. The molecule has 1 aliphatic rings. The largest absolute Gasteiger partial charge is 0.366 e. The normalized spacial score (nSPS) is 14.9. The van der Waals surface area contributed by atoms with Gasteiger partial charge >= 0.3 is 0 Å². The summed E-state index contributed by atoms with van der Waals surface area (Å²) in [5.41, 5.74) is 2.19. The minimum atomic E-state index is -0.430. The van der Waals surface area contributed by atoms with Crippen molar-refractivity contribution in [1.82, 2.24) is 15.4 Å². The van der Waals surface area contributed by atoms with E-state index in [0.717, 1.165) is 29.0 Å². The van der Waals surface area contributed by atoms with Crippen molar-refractivity contribution in [2.45, 2.75) is 20.4 Å². The smallest absolute Gasteiger partial charge is 0.194 e. The number of rotatable bonds is 3. The number of anilines is 1. The van der Waals surface area contributed by atoms with Gasteiger partial charge in [0.25, 0.3) is 0 Å². The van der Waals surface area contributed by atoms with Crippen LogP contribution in [0.5, 0.6) is 0 Å². The van der Waals surface area contributed by atoms with Crippen molar-refractivity contribution in [2.24, 2.45) is 4.99 Å². The van der Waals surface area contributed by atoms with Crippen molar-refractivity contribution >= 4 is 35.6 Å². The summed E-state index contributed by atoms with van der Waals surface area (Å²) in [6.07, 6.45) is 0.